The molecule has 0 saturated carbocycles. The summed E-state index contributed by atoms with van der Waals surface area (Å²) >= 11 is 8.15. The summed E-state index contributed by atoms with van der Waals surface area (Å²) in [5.41, 5.74) is 0. The zero-order valence-corrected chi connectivity index (χ0v) is 11.4. The lowest BCUT2D eigenvalue weighted by molar-refractivity contribution is 1.66. The molecule has 3 heterocycles. The summed E-state index contributed by atoms with van der Waals surface area (Å²) in [5.74, 6) is 0. The molecule has 0 spiro atoms. The Balaban J connectivity index is 2.56. The van der Waals surface area contributed by atoms with E-state index < -0.39 is 0 Å². The molecule has 0 aliphatic carbocycles. The van der Waals surface area contributed by atoms with Crippen molar-refractivity contribution in [3.05, 3.63) is 19.9 Å². The smallest absolute Gasteiger partial charge is 0.0674 e. The number of hydrogen-bond acceptors (Lipinski definition) is 3. The maximum absolute atomic E-state index is 2.40. The number of fused-ring (bicyclic) bond motifs is 3. The van der Waals surface area contributed by atoms with Crippen molar-refractivity contribution in [2.45, 2.75) is 6.92 Å². The van der Waals surface area contributed by atoms with Gasteiger partial charge in [-0.05, 0) is 41.6 Å². The molecule has 0 atom stereocenters. The Labute approximate surface area is 101 Å². The molecule has 13 heavy (non-hydrogen) atoms. The molecule has 0 N–H and O–H groups in total. The van der Waals surface area contributed by atoms with Gasteiger partial charge in [0.25, 0.3) is 0 Å². The van der Waals surface area contributed by atoms with Crippen LogP contribution < -0.4 is 0 Å². The summed E-state index contributed by atoms with van der Waals surface area (Å²) < 4.78 is 7.29. The van der Waals surface area contributed by atoms with Gasteiger partial charge in [-0.1, -0.05) is 0 Å². The maximum Gasteiger partial charge on any atom is 0.0674 e. The molecular formula is C9H5IS3. The van der Waals surface area contributed by atoms with Crippen LogP contribution in [-0.2, 0) is 0 Å². The summed E-state index contributed by atoms with van der Waals surface area (Å²) in [6.45, 7) is 2.18. The zero-order chi connectivity index (χ0) is 9.00. The van der Waals surface area contributed by atoms with E-state index in [1.54, 1.807) is 0 Å². The van der Waals surface area contributed by atoms with Crippen molar-refractivity contribution in [1.29, 1.82) is 0 Å². The number of hydrogen-bond donors (Lipinski definition) is 0. The number of rotatable bonds is 0. The van der Waals surface area contributed by atoms with Crippen LogP contribution in [-0.4, -0.2) is 0 Å². The topological polar surface area (TPSA) is 0 Å². The predicted octanol–water partition coefficient (Wildman–Crippen LogP) is 5.09. The summed E-state index contributed by atoms with van der Waals surface area (Å²) in [5, 5.41) is 0. The van der Waals surface area contributed by atoms with Crippen molar-refractivity contribution in [2.75, 3.05) is 0 Å². The molecule has 0 radical (unpaired) electrons. The average molecular weight is 336 g/mol. The molecule has 3 aromatic rings. The fourth-order valence-electron chi connectivity index (χ4n) is 1.42. The van der Waals surface area contributed by atoms with Crippen molar-refractivity contribution in [3.8, 4) is 0 Å². The van der Waals surface area contributed by atoms with Crippen LogP contribution in [0, 0.1) is 9.81 Å². The van der Waals surface area contributed by atoms with Crippen molar-refractivity contribution in [1.82, 2.24) is 0 Å². The first-order chi connectivity index (χ1) is 6.24. The second-order valence-electron chi connectivity index (χ2n) is 2.90. The van der Waals surface area contributed by atoms with Crippen molar-refractivity contribution < 1.29 is 0 Å². The van der Waals surface area contributed by atoms with Gasteiger partial charge in [-0.25, -0.2) is 0 Å². The van der Waals surface area contributed by atoms with E-state index in [1.165, 1.54) is 26.6 Å². The molecule has 0 unspecified atom stereocenters. The Hall–Kier alpha value is 0.350. The van der Waals surface area contributed by atoms with Crippen LogP contribution in [0.25, 0.3) is 18.8 Å². The minimum Gasteiger partial charge on any atom is -0.138 e. The molecule has 0 aliphatic heterocycles. The highest BCUT2D eigenvalue weighted by Gasteiger charge is 2.10. The van der Waals surface area contributed by atoms with Crippen LogP contribution in [0.4, 0.5) is 0 Å². The van der Waals surface area contributed by atoms with Gasteiger partial charge < -0.3 is 0 Å². The molecule has 0 nitrogen and oxygen atoms in total. The van der Waals surface area contributed by atoms with Gasteiger partial charge in [0.15, 0.2) is 0 Å². The molecule has 0 aromatic carbocycles. The Bertz CT molecular complexity index is 533. The molecule has 0 fully saturated rings. The Morgan fingerprint density at radius 1 is 1.00 bits per heavy atom. The summed E-state index contributed by atoms with van der Waals surface area (Å²) in [7, 11) is 0. The molecule has 66 valence electrons. The second-order valence-corrected chi connectivity index (χ2v) is 8.18. The fourth-order valence-corrected chi connectivity index (χ4v) is 6.27. The largest absolute Gasteiger partial charge is 0.138 e. The molecule has 0 aliphatic rings. The lowest BCUT2D eigenvalue weighted by Crippen LogP contribution is -1.47. The van der Waals surface area contributed by atoms with Gasteiger partial charge in [-0.2, -0.15) is 0 Å². The van der Waals surface area contributed by atoms with Crippen LogP contribution in [0.15, 0.2) is 12.1 Å². The van der Waals surface area contributed by atoms with Crippen molar-refractivity contribution >= 4 is 75.4 Å². The van der Waals surface area contributed by atoms with Gasteiger partial charge in [0.1, 0.15) is 0 Å². The van der Waals surface area contributed by atoms with E-state index in [4.69, 9.17) is 0 Å². The monoisotopic (exact) mass is 336 g/mol. The van der Waals surface area contributed by atoms with E-state index in [-0.39, 0.29) is 0 Å². The zero-order valence-electron chi connectivity index (χ0n) is 6.76. The van der Waals surface area contributed by atoms with E-state index in [1.807, 2.05) is 34.0 Å². The molecule has 3 aromatic heterocycles. The van der Waals surface area contributed by atoms with E-state index in [0.29, 0.717) is 0 Å². The van der Waals surface area contributed by atoms with Crippen molar-refractivity contribution in [3.63, 3.8) is 0 Å². The summed E-state index contributed by atoms with van der Waals surface area (Å²) in [6.07, 6.45) is 0. The minimum absolute atomic E-state index is 1.40. The number of thiophene rings is 3. The normalized spacial score (nSPS) is 11.8. The maximum atomic E-state index is 2.40. The van der Waals surface area contributed by atoms with Gasteiger partial charge in [0.05, 0.1) is 12.3 Å². The third-order valence-corrected chi connectivity index (χ3v) is 6.37. The fraction of sp³-hybridized carbons (Fsp3) is 0.111. The van der Waals surface area contributed by atoms with Gasteiger partial charge >= 0.3 is 0 Å². The third-order valence-electron chi connectivity index (χ3n) is 1.92. The van der Waals surface area contributed by atoms with Gasteiger partial charge in [0.2, 0.25) is 0 Å². The van der Waals surface area contributed by atoms with Gasteiger partial charge in [-0.3, -0.25) is 0 Å². The van der Waals surface area contributed by atoms with E-state index in [9.17, 15) is 0 Å². The standard InChI is InChI=1S/C9H5IS3/c1-4-2-5-8(11-4)9-6(12-5)3-7(10)13-9/h2-3H,1H3. The highest BCUT2D eigenvalue weighted by molar-refractivity contribution is 14.1. The predicted molar refractivity (Wildman–Crippen MR) is 72.5 cm³/mol. The molecule has 0 amide bonds. The summed E-state index contributed by atoms with van der Waals surface area (Å²) in [4.78, 5) is 1.42. The Morgan fingerprint density at radius 3 is 2.54 bits per heavy atom. The molecule has 0 saturated heterocycles. The number of aryl methyl sites for hydroxylation is 1. The lowest BCUT2D eigenvalue weighted by atomic mass is 10.4. The van der Waals surface area contributed by atoms with Crippen LogP contribution in [0.1, 0.15) is 4.88 Å². The SMILES string of the molecule is Cc1cc2sc3cc(I)sc3c2s1. The molecule has 3 rings (SSSR count). The van der Waals surface area contributed by atoms with Crippen molar-refractivity contribution in [2.24, 2.45) is 0 Å². The Kier molecular flexibility index (Phi) is 1.94. The highest BCUT2D eigenvalue weighted by atomic mass is 127. The minimum atomic E-state index is 1.40. The molecular weight excluding hydrogens is 331 g/mol. The molecule has 4 heteroatoms. The highest BCUT2D eigenvalue weighted by Crippen LogP contribution is 2.43. The van der Waals surface area contributed by atoms with Crippen LogP contribution in [0.5, 0.6) is 0 Å². The second kappa shape index (κ2) is 2.92. The molecule has 0 bridgehead atoms. The first-order valence-electron chi connectivity index (χ1n) is 3.82. The van der Waals surface area contributed by atoms with Crippen LogP contribution >= 0.6 is 56.6 Å². The van der Waals surface area contributed by atoms with E-state index >= 15 is 0 Å². The third kappa shape index (κ3) is 1.26. The van der Waals surface area contributed by atoms with Gasteiger partial charge in [0, 0.05) is 14.3 Å². The van der Waals surface area contributed by atoms with E-state index in [0.717, 1.165) is 0 Å². The summed E-state index contributed by atoms with van der Waals surface area (Å²) in [6, 6.07) is 4.58. The van der Waals surface area contributed by atoms with E-state index in [2.05, 4.69) is 41.6 Å². The average Bonchev–Trinajstić information content (AvgIpc) is 2.60. The first-order valence-corrected chi connectivity index (χ1v) is 7.35. The Morgan fingerprint density at radius 2 is 1.69 bits per heavy atom. The van der Waals surface area contributed by atoms with Crippen LogP contribution in [0.2, 0.25) is 0 Å². The first kappa shape index (κ1) is 8.64. The lowest BCUT2D eigenvalue weighted by Gasteiger charge is -1.75. The van der Waals surface area contributed by atoms with Crippen LogP contribution in [0.3, 0.4) is 0 Å². The van der Waals surface area contributed by atoms with Gasteiger partial charge in [-0.15, -0.1) is 34.0 Å². The quantitative estimate of drug-likeness (QED) is 0.502. The number of halogens is 1.